The van der Waals surface area contributed by atoms with Crippen LogP contribution in [-0.4, -0.2) is 33.7 Å². The Labute approximate surface area is 193 Å². The minimum Gasteiger partial charge on any atom is -0.497 e. The van der Waals surface area contributed by atoms with Crippen molar-refractivity contribution in [1.29, 1.82) is 0 Å². The van der Waals surface area contributed by atoms with Gasteiger partial charge in [0.05, 0.1) is 29.9 Å². The lowest BCUT2D eigenvalue weighted by Crippen LogP contribution is -2.27. The fourth-order valence-corrected chi connectivity index (χ4v) is 4.09. The Morgan fingerprint density at radius 1 is 0.969 bits per heavy atom. The number of ether oxygens (including phenoxy) is 1. The zero-order chi connectivity index (χ0) is 22.1. The van der Waals surface area contributed by atoms with Crippen molar-refractivity contribution in [3.8, 4) is 5.75 Å². The van der Waals surface area contributed by atoms with Crippen molar-refractivity contribution >= 4 is 38.6 Å². The predicted octanol–water partition coefficient (Wildman–Crippen LogP) is 5.39. The van der Waals surface area contributed by atoms with E-state index in [1.165, 1.54) is 0 Å². The first-order valence-electron chi connectivity index (χ1n) is 10.1. The number of hydrogen-bond acceptors (Lipinski definition) is 5. The van der Waals surface area contributed by atoms with Gasteiger partial charge in [0, 0.05) is 28.9 Å². The summed E-state index contributed by atoms with van der Waals surface area (Å²) in [7, 11) is 1.64. The molecule has 1 aromatic heterocycles. The molecule has 2 heterocycles. The van der Waals surface area contributed by atoms with Gasteiger partial charge in [-0.05, 0) is 53.6 Å². The molecule has 1 aliphatic heterocycles. The summed E-state index contributed by atoms with van der Waals surface area (Å²) < 4.78 is 6.29. The van der Waals surface area contributed by atoms with E-state index >= 15 is 0 Å². The largest absolute Gasteiger partial charge is 0.497 e. The lowest BCUT2D eigenvalue weighted by Gasteiger charge is -2.22. The first kappa shape index (κ1) is 20.3. The predicted molar refractivity (Wildman–Crippen MR) is 127 cm³/mol. The van der Waals surface area contributed by atoms with Gasteiger partial charge in [-0.1, -0.05) is 40.2 Å². The highest BCUT2D eigenvalue weighted by atomic mass is 79.9. The third kappa shape index (κ3) is 3.87. The van der Waals surface area contributed by atoms with Crippen molar-refractivity contribution in [2.45, 2.75) is 12.5 Å². The summed E-state index contributed by atoms with van der Waals surface area (Å²) in [4.78, 5) is 22.2. The third-order valence-corrected chi connectivity index (χ3v) is 6.04. The molecule has 0 spiro atoms. The highest BCUT2D eigenvalue weighted by Gasteiger charge is 2.33. The zero-order valence-electron chi connectivity index (χ0n) is 17.3. The molecule has 158 valence electrons. The van der Waals surface area contributed by atoms with Crippen LogP contribution in [0.1, 0.15) is 33.9 Å². The standard InChI is InChI=1S/C25H19BrN4O2/c1-32-20-9-4-17(5-10-20)24-15-22(16-2-7-19(26)8-3-16)29-30(24)25(31)18-6-11-21-23(14-18)28-13-12-27-21/h2-14,24H,15H2,1H3. The molecule has 0 saturated heterocycles. The molecule has 1 amide bonds. The normalized spacial score (nSPS) is 15.6. The number of rotatable bonds is 4. The molecule has 1 unspecified atom stereocenters. The van der Waals surface area contributed by atoms with Gasteiger partial charge in [-0.15, -0.1) is 0 Å². The molecule has 3 aromatic carbocycles. The van der Waals surface area contributed by atoms with E-state index in [1.54, 1.807) is 36.6 Å². The SMILES string of the molecule is COc1ccc(C2CC(c3ccc(Br)cc3)=NN2C(=O)c2ccc3nccnc3c2)cc1. The van der Waals surface area contributed by atoms with E-state index < -0.39 is 0 Å². The van der Waals surface area contributed by atoms with Gasteiger partial charge in [0.15, 0.2) is 0 Å². The molecule has 0 radical (unpaired) electrons. The van der Waals surface area contributed by atoms with E-state index in [9.17, 15) is 4.79 Å². The fraction of sp³-hybridized carbons (Fsp3) is 0.120. The van der Waals surface area contributed by atoms with E-state index in [-0.39, 0.29) is 11.9 Å². The topological polar surface area (TPSA) is 67.7 Å². The zero-order valence-corrected chi connectivity index (χ0v) is 18.9. The van der Waals surface area contributed by atoms with Crippen LogP contribution in [-0.2, 0) is 0 Å². The Morgan fingerprint density at radius 2 is 1.69 bits per heavy atom. The van der Waals surface area contributed by atoms with E-state index in [0.29, 0.717) is 17.5 Å². The second kappa shape index (κ2) is 8.51. The number of hydrogen-bond donors (Lipinski definition) is 0. The van der Waals surface area contributed by atoms with Crippen molar-refractivity contribution in [3.63, 3.8) is 0 Å². The minimum absolute atomic E-state index is 0.175. The van der Waals surface area contributed by atoms with Gasteiger partial charge in [-0.3, -0.25) is 14.8 Å². The molecule has 0 aliphatic carbocycles. The number of benzene rings is 3. The summed E-state index contributed by atoms with van der Waals surface area (Å²) in [5, 5.41) is 6.34. The monoisotopic (exact) mass is 486 g/mol. The molecule has 0 N–H and O–H groups in total. The molecule has 1 atom stereocenters. The average molecular weight is 487 g/mol. The number of amides is 1. The molecule has 7 heteroatoms. The Morgan fingerprint density at radius 3 is 2.41 bits per heavy atom. The average Bonchev–Trinajstić information content (AvgIpc) is 3.29. The number of fused-ring (bicyclic) bond motifs is 1. The van der Waals surface area contributed by atoms with Crippen LogP contribution < -0.4 is 4.74 Å². The quantitative estimate of drug-likeness (QED) is 0.387. The van der Waals surface area contributed by atoms with E-state index in [2.05, 4.69) is 25.9 Å². The number of carbonyl (C=O) groups is 1. The lowest BCUT2D eigenvalue weighted by atomic mass is 9.98. The van der Waals surface area contributed by atoms with Crippen molar-refractivity contribution in [3.05, 3.63) is 100 Å². The number of carbonyl (C=O) groups excluding carboxylic acids is 1. The first-order chi connectivity index (χ1) is 15.6. The van der Waals surface area contributed by atoms with Gasteiger partial charge in [-0.2, -0.15) is 5.10 Å². The second-order valence-electron chi connectivity index (χ2n) is 7.46. The molecular formula is C25H19BrN4O2. The number of aromatic nitrogens is 2. The molecule has 5 rings (SSSR count). The fourth-order valence-electron chi connectivity index (χ4n) is 3.83. The van der Waals surface area contributed by atoms with Crippen LogP contribution in [0.3, 0.4) is 0 Å². The third-order valence-electron chi connectivity index (χ3n) is 5.51. The van der Waals surface area contributed by atoms with Crippen molar-refractivity contribution in [2.24, 2.45) is 5.10 Å². The number of methoxy groups -OCH3 is 1. The van der Waals surface area contributed by atoms with E-state index in [4.69, 9.17) is 9.84 Å². The molecule has 32 heavy (non-hydrogen) atoms. The maximum Gasteiger partial charge on any atom is 0.274 e. The Kier molecular flexibility index (Phi) is 5.41. The van der Waals surface area contributed by atoms with Crippen LogP contribution in [0.4, 0.5) is 0 Å². The Hall–Kier alpha value is -3.58. The number of nitrogens with zero attached hydrogens (tertiary/aromatic N) is 4. The molecule has 0 saturated carbocycles. The van der Waals surface area contributed by atoms with E-state index in [0.717, 1.165) is 32.6 Å². The van der Waals surface area contributed by atoms with Crippen LogP contribution in [0, 0.1) is 0 Å². The van der Waals surface area contributed by atoms with Gasteiger partial charge in [0.2, 0.25) is 0 Å². The van der Waals surface area contributed by atoms with Gasteiger partial charge in [0.25, 0.3) is 5.91 Å². The summed E-state index contributed by atoms with van der Waals surface area (Å²) in [5.74, 6) is 0.595. The van der Waals surface area contributed by atoms with Crippen molar-refractivity contribution in [1.82, 2.24) is 15.0 Å². The Balaban J connectivity index is 1.54. The maximum atomic E-state index is 13.6. The number of halogens is 1. The van der Waals surface area contributed by atoms with Crippen molar-refractivity contribution in [2.75, 3.05) is 7.11 Å². The first-order valence-corrected chi connectivity index (χ1v) is 10.9. The van der Waals surface area contributed by atoms with Crippen LogP contribution in [0.2, 0.25) is 0 Å². The van der Waals surface area contributed by atoms with Gasteiger partial charge >= 0.3 is 0 Å². The van der Waals surface area contributed by atoms with Gasteiger partial charge in [-0.25, -0.2) is 5.01 Å². The summed E-state index contributed by atoms with van der Waals surface area (Å²) in [6, 6.07) is 20.9. The van der Waals surface area contributed by atoms with Crippen LogP contribution in [0.15, 0.2) is 88.7 Å². The molecule has 6 nitrogen and oxygen atoms in total. The summed E-state index contributed by atoms with van der Waals surface area (Å²) in [5.41, 5.74) is 4.80. The van der Waals surface area contributed by atoms with Gasteiger partial charge in [0.1, 0.15) is 5.75 Å². The molecular weight excluding hydrogens is 468 g/mol. The summed E-state index contributed by atoms with van der Waals surface area (Å²) in [6.07, 6.45) is 3.88. The van der Waals surface area contributed by atoms with Crippen molar-refractivity contribution < 1.29 is 9.53 Å². The molecule has 0 bridgehead atoms. The highest BCUT2D eigenvalue weighted by molar-refractivity contribution is 9.10. The molecule has 1 aliphatic rings. The van der Waals surface area contributed by atoms with Crippen LogP contribution >= 0.6 is 15.9 Å². The Bertz CT molecular complexity index is 1320. The number of hydrazone groups is 1. The van der Waals surface area contributed by atoms with Gasteiger partial charge < -0.3 is 4.74 Å². The summed E-state index contributed by atoms with van der Waals surface area (Å²) >= 11 is 3.47. The summed E-state index contributed by atoms with van der Waals surface area (Å²) in [6.45, 7) is 0. The second-order valence-corrected chi connectivity index (χ2v) is 8.37. The van der Waals surface area contributed by atoms with E-state index in [1.807, 2.05) is 54.6 Å². The highest BCUT2D eigenvalue weighted by Crippen LogP contribution is 2.35. The lowest BCUT2D eigenvalue weighted by molar-refractivity contribution is 0.0711. The molecule has 0 fully saturated rings. The smallest absolute Gasteiger partial charge is 0.274 e. The maximum absolute atomic E-state index is 13.6. The van der Waals surface area contributed by atoms with Crippen LogP contribution in [0.5, 0.6) is 5.75 Å². The minimum atomic E-state index is -0.218. The van der Waals surface area contributed by atoms with Crippen LogP contribution in [0.25, 0.3) is 11.0 Å². The molecule has 4 aromatic rings.